The van der Waals surface area contributed by atoms with Gasteiger partial charge in [-0.1, -0.05) is 51.9 Å². The highest BCUT2D eigenvalue weighted by Gasteiger charge is 2.39. The van der Waals surface area contributed by atoms with E-state index in [1.165, 1.54) is 64.2 Å². The van der Waals surface area contributed by atoms with Crippen molar-refractivity contribution < 1.29 is 5.11 Å². The Hall–Kier alpha value is -0.0800. The Labute approximate surface area is 114 Å². The largest absolute Gasteiger partial charge is 0.389 e. The maximum Gasteiger partial charge on any atom is 0.0771 e. The highest BCUT2D eigenvalue weighted by Crippen LogP contribution is 2.38. The van der Waals surface area contributed by atoms with Crippen molar-refractivity contribution in [2.45, 2.75) is 83.7 Å². The van der Waals surface area contributed by atoms with Crippen molar-refractivity contribution in [2.24, 2.45) is 5.92 Å². The molecule has 1 rings (SSSR count). The Balaban J connectivity index is 1.78. The summed E-state index contributed by atoms with van der Waals surface area (Å²) in [6.45, 7) is 6.08. The normalized spacial score (nSPS) is 18.8. The number of hydrogen-bond donors (Lipinski definition) is 2. The topological polar surface area (TPSA) is 32.3 Å². The highest BCUT2D eigenvalue weighted by molar-refractivity contribution is 4.92. The third kappa shape index (κ3) is 7.38. The van der Waals surface area contributed by atoms with Gasteiger partial charge in [-0.15, -0.1) is 0 Å². The van der Waals surface area contributed by atoms with Crippen molar-refractivity contribution in [1.29, 1.82) is 0 Å². The summed E-state index contributed by atoms with van der Waals surface area (Å²) in [5, 5.41) is 13.5. The van der Waals surface area contributed by atoms with Crippen molar-refractivity contribution in [3.63, 3.8) is 0 Å². The highest BCUT2D eigenvalue weighted by atomic mass is 16.3. The SMILES string of the molecule is CCCCCCCCCCNC[C@](C)(O)C1CC1. The Bertz CT molecular complexity index is 199. The van der Waals surface area contributed by atoms with Crippen LogP contribution in [-0.2, 0) is 0 Å². The van der Waals surface area contributed by atoms with E-state index in [4.69, 9.17) is 0 Å². The molecule has 0 heterocycles. The molecule has 2 heteroatoms. The van der Waals surface area contributed by atoms with Gasteiger partial charge in [0.2, 0.25) is 0 Å². The molecule has 0 radical (unpaired) electrons. The lowest BCUT2D eigenvalue weighted by molar-refractivity contribution is 0.0371. The van der Waals surface area contributed by atoms with Crippen LogP contribution in [0.3, 0.4) is 0 Å². The Morgan fingerprint density at radius 1 is 1.00 bits per heavy atom. The minimum atomic E-state index is -0.458. The molecule has 1 atom stereocenters. The van der Waals surface area contributed by atoms with Gasteiger partial charge in [0.1, 0.15) is 0 Å². The van der Waals surface area contributed by atoms with Gasteiger partial charge in [-0.3, -0.25) is 0 Å². The fraction of sp³-hybridized carbons (Fsp3) is 1.00. The smallest absolute Gasteiger partial charge is 0.0771 e. The van der Waals surface area contributed by atoms with E-state index >= 15 is 0 Å². The van der Waals surface area contributed by atoms with Crippen LogP contribution < -0.4 is 5.32 Å². The fourth-order valence-corrected chi connectivity index (χ4v) is 2.57. The maximum absolute atomic E-state index is 10.1. The Morgan fingerprint density at radius 2 is 1.56 bits per heavy atom. The molecule has 0 aromatic heterocycles. The standard InChI is InChI=1S/C16H33NO/c1-3-4-5-6-7-8-9-10-13-17-14-16(2,18)15-11-12-15/h15,17-18H,3-14H2,1-2H3/t16-/m0/s1. The lowest BCUT2D eigenvalue weighted by atomic mass is 10.0. The second-order valence-corrected chi connectivity index (χ2v) is 6.28. The quantitative estimate of drug-likeness (QED) is 0.519. The summed E-state index contributed by atoms with van der Waals surface area (Å²) in [6, 6.07) is 0. The van der Waals surface area contributed by atoms with Gasteiger partial charge in [-0.25, -0.2) is 0 Å². The van der Waals surface area contributed by atoms with E-state index in [1.807, 2.05) is 6.92 Å². The zero-order valence-electron chi connectivity index (χ0n) is 12.5. The Kier molecular flexibility index (Phi) is 7.92. The molecule has 2 N–H and O–H groups in total. The van der Waals surface area contributed by atoms with Crippen molar-refractivity contribution in [3.8, 4) is 0 Å². The first-order chi connectivity index (χ1) is 8.67. The van der Waals surface area contributed by atoms with Crippen LogP contribution in [0.25, 0.3) is 0 Å². The lowest BCUT2D eigenvalue weighted by Crippen LogP contribution is -2.40. The summed E-state index contributed by atoms with van der Waals surface area (Å²) < 4.78 is 0. The number of rotatable bonds is 12. The molecule has 0 aliphatic heterocycles. The molecule has 2 nitrogen and oxygen atoms in total. The van der Waals surface area contributed by atoms with Gasteiger partial charge in [-0.2, -0.15) is 0 Å². The molecule has 0 aromatic rings. The van der Waals surface area contributed by atoms with Gasteiger partial charge in [-0.05, 0) is 38.6 Å². The minimum Gasteiger partial charge on any atom is -0.389 e. The molecule has 108 valence electrons. The van der Waals surface area contributed by atoms with Crippen molar-refractivity contribution in [2.75, 3.05) is 13.1 Å². The second-order valence-electron chi connectivity index (χ2n) is 6.28. The van der Waals surface area contributed by atoms with Crippen LogP contribution in [0.4, 0.5) is 0 Å². The Morgan fingerprint density at radius 3 is 2.11 bits per heavy atom. The summed E-state index contributed by atoms with van der Waals surface area (Å²) >= 11 is 0. The van der Waals surface area contributed by atoms with Crippen LogP contribution in [0, 0.1) is 5.92 Å². The van der Waals surface area contributed by atoms with Crippen LogP contribution >= 0.6 is 0 Å². The van der Waals surface area contributed by atoms with Gasteiger partial charge in [0.25, 0.3) is 0 Å². The third-order valence-corrected chi connectivity index (χ3v) is 4.15. The van der Waals surface area contributed by atoms with Gasteiger partial charge in [0.15, 0.2) is 0 Å². The molecule has 1 aliphatic carbocycles. The van der Waals surface area contributed by atoms with Crippen molar-refractivity contribution in [3.05, 3.63) is 0 Å². The van der Waals surface area contributed by atoms with E-state index in [0.29, 0.717) is 5.92 Å². The lowest BCUT2D eigenvalue weighted by Gasteiger charge is -2.23. The predicted octanol–water partition coefficient (Wildman–Crippen LogP) is 3.88. The molecule has 0 bridgehead atoms. The van der Waals surface area contributed by atoms with E-state index in [0.717, 1.165) is 13.1 Å². The average molecular weight is 255 g/mol. The number of unbranched alkanes of at least 4 members (excludes halogenated alkanes) is 7. The first kappa shape index (κ1) is 16.0. The first-order valence-corrected chi connectivity index (χ1v) is 8.10. The molecule has 0 saturated heterocycles. The molecule has 1 aliphatic rings. The molecule has 0 amide bonds. The van der Waals surface area contributed by atoms with Gasteiger partial charge >= 0.3 is 0 Å². The number of nitrogens with one attached hydrogen (secondary N) is 1. The monoisotopic (exact) mass is 255 g/mol. The molecule has 18 heavy (non-hydrogen) atoms. The summed E-state index contributed by atoms with van der Waals surface area (Å²) in [5.41, 5.74) is -0.458. The van der Waals surface area contributed by atoms with Crippen LogP contribution in [0.15, 0.2) is 0 Å². The maximum atomic E-state index is 10.1. The van der Waals surface area contributed by atoms with E-state index < -0.39 is 5.60 Å². The average Bonchev–Trinajstić information content (AvgIpc) is 3.16. The van der Waals surface area contributed by atoms with Gasteiger partial charge in [0.05, 0.1) is 5.60 Å². The zero-order valence-corrected chi connectivity index (χ0v) is 12.5. The summed E-state index contributed by atoms with van der Waals surface area (Å²) in [4.78, 5) is 0. The molecule has 0 aromatic carbocycles. The summed E-state index contributed by atoms with van der Waals surface area (Å²) in [7, 11) is 0. The molecule has 0 spiro atoms. The zero-order chi connectivity index (χ0) is 13.3. The summed E-state index contributed by atoms with van der Waals surface area (Å²) in [6.07, 6.45) is 13.4. The van der Waals surface area contributed by atoms with Gasteiger partial charge in [0, 0.05) is 6.54 Å². The first-order valence-electron chi connectivity index (χ1n) is 8.10. The van der Waals surface area contributed by atoms with Crippen molar-refractivity contribution in [1.82, 2.24) is 5.32 Å². The van der Waals surface area contributed by atoms with Crippen molar-refractivity contribution >= 4 is 0 Å². The number of hydrogen-bond acceptors (Lipinski definition) is 2. The van der Waals surface area contributed by atoms with Crippen LogP contribution in [0.1, 0.15) is 78.1 Å². The molecule has 0 unspecified atom stereocenters. The van der Waals surface area contributed by atoms with E-state index in [9.17, 15) is 5.11 Å². The molecular weight excluding hydrogens is 222 g/mol. The molecule has 1 fully saturated rings. The molecule has 1 saturated carbocycles. The van der Waals surface area contributed by atoms with E-state index in [-0.39, 0.29) is 0 Å². The van der Waals surface area contributed by atoms with Crippen LogP contribution in [0.2, 0.25) is 0 Å². The molecular formula is C16H33NO. The third-order valence-electron chi connectivity index (χ3n) is 4.15. The number of aliphatic hydroxyl groups is 1. The van der Waals surface area contributed by atoms with Crippen LogP contribution in [0.5, 0.6) is 0 Å². The van der Waals surface area contributed by atoms with E-state index in [2.05, 4.69) is 12.2 Å². The predicted molar refractivity (Wildman–Crippen MR) is 78.8 cm³/mol. The summed E-state index contributed by atoms with van der Waals surface area (Å²) in [5.74, 6) is 0.559. The fourth-order valence-electron chi connectivity index (χ4n) is 2.57. The van der Waals surface area contributed by atoms with Gasteiger partial charge < -0.3 is 10.4 Å². The second kappa shape index (κ2) is 8.92. The minimum absolute atomic E-state index is 0.458. The van der Waals surface area contributed by atoms with Crippen LogP contribution in [-0.4, -0.2) is 23.8 Å². The van der Waals surface area contributed by atoms with E-state index in [1.54, 1.807) is 0 Å².